The van der Waals surface area contributed by atoms with E-state index < -0.39 is 11.9 Å². The summed E-state index contributed by atoms with van der Waals surface area (Å²) in [6.07, 6.45) is 1.34. The van der Waals surface area contributed by atoms with E-state index >= 15 is 0 Å². The second-order valence-electron chi connectivity index (χ2n) is 4.70. The van der Waals surface area contributed by atoms with E-state index in [9.17, 15) is 14.3 Å². The van der Waals surface area contributed by atoms with Gasteiger partial charge in [0, 0.05) is 22.5 Å². The van der Waals surface area contributed by atoms with E-state index in [1.165, 1.54) is 12.3 Å². The number of thiazole rings is 1. The molecule has 3 rings (SSSR count). The van der Waals surface area contributed by atoms with Crippen LogP contribution in [-0.4, -0.2) is 20.9 Å². The predicted octanol–water partition coefficient (Wildman–Crippen LogP) is 3.44. The number of hydrogen-bond acceptors (Lipinski definition) is 4. The zero-order valence-electron chi connectivity index (χ0n) is 11.3. The number of rotatable bonds is 4. The highest BCUT2D eigenvalue weighted by atomic mass is 32.1. The van der Waals surface area contributed by atoms with Crippen molar-refractivity contribution in [3.05, 3.63) is 51.9 Å². The monoisotopic (exact) mass is 304 g/mol. The van der Waals surface area contributed by atoms with Gasteiger partial charge in [-0.2, -0.15) is 0 Å². The van der Waals surface area contributed by atoms with Crippen LogP contribution in [0.15, 0.2) is 29.8 Å². The van der Waals surface area contributed by atoms with Crippen molar-refractivity contribution in [1.82, 2.24) is 9.97 Å². The van der Waals surface area contributed by atoms with Gasteiger partial charge in [0.15, 0.2) is 5.01 Å². The third-order valence-electron chi connectivity index (χ3n) is 3.34. The molecule has 21 heavy (non-hydrogen) atoms. The van der Waals surface area contributed by atoms with Gasteiger partial charge in [0.25, 0.3) is 0 Å². The predicted molar refractivity (Wildman–Crippen MR) is 79.1 cm³/mol. The summed E-state index contributed by atoms with van der Waals surface area (Å²) in [5, 5.41) is 11.9. The van der Waals surface area contributed by atoms with Crippen molar-refractivity contribution in [2.24, 2.45) is 0 Å². The van der Waals surface area contributed by atoms with Gasteiger partial charge in [-0.1, -0.05) is 13.0 Å². The summed E-state index contributed by atoms with van der Waals surface area (Å²) in [7, 11) is 0. The lowest BCUT2D eigenvalue weighted by molar-refractivity contribution is 0.103. The standard InChI is InChI=1S/C15H13FN2O2S/c1-2-12(19)11-7-21-15(18-11)14(20)8-6-17-10-5-3-4-9(16)13(8)10/h3-7,12,17,19H,2H2,1H3/t12-/m0/s1. The van der Waals surface area contributed by atoms with E-state index in [1.54, 1.807) is 17.5 Å². The molecule has 0 aliphatic heterocycles. The number of aromatic amines is 1. The van der Waals surface area contributed by atoms with E-state index in [2.05, 4.69) is 9.97 Å². The Morgan fingerprint density at radius 3 is 3.10 bits per heavy atom. The van der Waals surface area contributed by atoms with Crippen LogP contribution in [0.3, 0.4) is 0 Å². The number of aliphatic hydroxyl groups is 1. The molecule has 0 aliphatic rings. The number of ketones is 1. The Morgan fingerprint density at radius 2 is 2.33 bits per heavy atom. The lowest BCUT2D eigenvalue weighted by Gasteiger charge is -2.01. The fourth-order valence-corrected chi connectivity index (χ4v) is 3.00. The largest absolute Gasteiger partial charge is 0.387 e. The molecule has 1 aromatic carbocycles. The van der Waals surface area contributed by atoms with E-state index in [0.717, 1.165) is 11.3 Å². The molecular weight excluding hydrogens is 291 g/mol. The molecule has 0 radical (unpaired) electrons. The normalized spacial score (nSPS) is 12.7. The fourth-order valence-electron chi connectivity index (χ4n) is 2.19. The summed E-state index contributed by atoms with van der Waals surface area (Å²) in [6.45, 7) is 1.83. The second kappa shape index (κ2) is 5.38. The van der Waals surface area contributed by atoms with Gasteiger partial charge in [0.05, 0.1) is 17.4 Å². The topological polar surface area (TPSA) is 66.0 Å². The molecule has 3 aromatic rings. The average Bonchev–Trinajstić information content (AvgIpc) is 3.13. The molecule has 2 heterocycles. The minimum absolute atomic E-state index is 0.252. The Bertz CT molecular complexity index is 809. The number of nitrogens with zero attached hydrogens (tertiary/aromatic N) is 1. The highest BCUT2D eigenvalue weighted by Crippen LogP contribution is 2.26. The number of hydrogen-bond donors (Lipinski definition) is 2. The second-order valence-corrected chi connectivity index (χ2v) is 5.55. The quantitative estimate of drug-likeness (QED) is 0.726. The van der Waals surface area contributed by atoms with Crippen LogP contribution in [0, 0.1) is 5.82 Å². The summed E-state index contributed by atoms with van der Waals surface area (Å²) in [5.41, 5.74) is 1.31. The number of benzene rings is 1. The zero-order chi connectivity index (χ0) is 15.0. The van der Waals surface area contributed by atoms with Gasteiger partial charge < -0.3 is 10.1 Å². The summed E-state index contributed by atoms with van der Waals surface area (Å²) < 4.78 is 13.9. The number of aliphatic hydroxyl groups excluding tert-OH is 1. The molecule has 0 spiro atoms. The van der Waals surface area contributed by atoms with Gasteiger partial charge in [-0.05, 0) is 18.6 Å². The van der Waals surface area contributed by atoms with Crippen molar-refractivity contribution in [2.45, 2.75) is 19.4 Å². The number of fused-ring (bicyclic) bond motifs is 1. The van der Waals surface area contributed by atoms with Crippen LogP contribution in [-0.2, 0) is 0 Å². The number of aromatic nitrogens is 2. The van der Waals surface area contributed by atoms with E-state index in [0.29, 0.717) is 17.6 Å². The Balaban J connectivity index is 2.03. The molecule has 0 unspecified atom stereocenters. The van der Waals surface area contributed by atoms with Crippen molar-refractivity contribution in [1.29, 1.82) is 0 Å². The van der Waals surface area contributed by atoms with Crippen molar-refractivity contribution < 1.29 is 14.3 Å². The third-order valence-corrected chi connectivity index (χ3v) is 4.20. The molecule has 6 heteroatoms. The van der Waals surface area contributed by atoms with E-state index in [-0.39, 0.29) is 21.7 Å². The molecule has 0 saturated heterocycles. The first-order chi connectivity index (χ1) is 10.1. The minimum atomic E-state index is -0.678. The molecular formula is C15H13FN2O2S. The molecule has 0 aliphatic carbocycles. The zero-order valence-corrected chi connectivity index (χ0v) is 12.1. The van der Waals surface area contributed by atoms with Crippen molar-refractivity contribution >= 4 is 28.0 Å². The molecule has 0 fully saturated rings. The summed E-state index contributed by atoms with van der Waals surface area (Å²) >= 11 is 1.16. The lowest BCUT2D eigenvalue weighted by atomic mass is 10.1. The third kappa shape index (κ3) is 2.36. The Labute approximate surface area is 124 Å². The van der Waals surface area contributed by atoms with Crippen molar-refractivity contribution in [2.75, 3.05) is 0 Å². The first kappa shape index (κ1) is 13.9. The summed E-state index contributed by atoms with van der Waals surface area (Å²) in [6, 6.07) is 4.62. The lowest BCUT2D eigenvalue weighted by Crippen LogP contribution is -2.02. The first-order valence-corrected chi connectivity index (χ1v) is 7.43. The molecule has 0 amide bonds. The van der Waals surface area contributed by atoms with Crippen LogP contribution in [0.1, 0.15) is 40.5 Å². The number of carbonyl (C=O) groups is 1. The Morgan fingerprint density at radius 1 is 1.52 bits per heavy atom. The average molecular weight is 304 g/mol. The van der Waals surface area contributed by atoms with E-state index in [1.807, 2.05) is 6.92 Å². The fraction of sp³-hybridized carbons (Fsp3) is 0.200. The van der Waals surface area contributed by atoms with Crippen LogP contribution < -0.4 is 0 Å². The number of H-pyrrole nitrogens is 1. The molecule has 0 saturated carbocycles. The summed E-state index contributed by atoms with van der Waals surface area (Å²) in [4.78, 5) is 19.5. The maximum absolute atomic E-state index is 13.9. The molecule has 1 atom stereocenters. The van der Waals surface area contributed by atoms with Crippen LogP contribution in [0.25, 0.3) is 10.9 Å². The van der Waals surface area contributed by atoms with Gasteiger partial charge in [0.2, 0.25) is 5.78 Å². The highest BCUT2D eigenvalue weighted by Gasteiger charge is 2.21. The van der Waals surface area contributed by atoms with Gasteiger partial charge in [-0.15, -0.1) is 11.3 Å². The van der Waals surface area contributed by atoms with Crippen LogP contribution >= 0.6 is 11.3 Å². The number of halogens is 1. The maximum atomic E-state index is 13.9. The molecule has 2 N–H and O–H groups in total. The van der Waals surface area contributed by atoms with E-state index in [4.69, 9.17) is 0 Å². The maximum Gasteiger partial charge on any atom is 0.223 e. The van der Waals surface area contributed by atoms with Gasteiger partial charge in [-0.25, -0.2) is 9.37 Å². The van der Waals surface area contributed by atoms with Crippen molar-refractivity contribution in [3.8, 4) is 0 Å². The highest BCUT2D eigenvalue weighted by molar-refractivity contribution is 7.12. The molecule has 0 bridgehead atoms. The SMILES string of the molecule is CC[C@H](O)c1csc(C(=O)c2c[nH]c3cccc(F)c23)n1. The first-order valence-electron chi connectivity index (χ1n) is 6.55. The molecule has 4 nitrogen and oxygen atoms in total. The molecule has 108 valence electrons. The Hall–Kier alpha value is -2.05. The summed E-state index contributed by atoms with van der Waals surface area (Å²) in [5.74, 6) is -0.784. The number of carbonyl (C=O) groups excluding carboxylic acids is 1. The number of nitrogens with one attached hydrogen (secondary N) is 1. The smallest absolute Gasteiger partial charge is 0.223 e. The van der Waals surface area contributed by atoms with Crippen molar-refractivity contribution in [3.63, 3.8) is 0 Å². The van der Waals surface area contributed by atoms with Gasteiger partial charge in [-0.3, -0.25) is 4.79 Å². The Kier molecular flexibility index (Phi) is 3.57. The molecule has 2 aromatic heterocycles. The van der Waals surface area contributed by atoms with Gasteiger partial charge in [0.1, 0.15) is 5.82 Å². The van der Waals surface area contributed by atoms with Crippen LogP contribution in [0.2, 0.25) is 0 Å². The van der Waals surface area contributed by atoms with Gasteiger partial charge >= 0.3 is 0 Å². The van der Waals surface area contributed by atoms with Crippen LogP contribution in [0.4, 0.5) is 4.39 Å². The van der Waals surface area contributed by atoms with Crippen LogP contribution in [0.5, 0.6) is 0 Å². The minimum Gasteiger partial charge on any atom is -0.387 e.